The molecule has 0 aliphatic carbocycles. The Kier molecular flexibility index (Phi) is 3.79. The Morgan fingerprint density at radius 2 is 2.47 bits per heavy atom. The van der Waals surface area contributed by atoms with E-state index in [-0.39, 0.29) is 0 Å². The van der Waals surface area contributed by atoms with E-state index in [1.807, 2.05) is 0 Å². The quantitative estimate of drug-likeness (QED) is 0.765. The number of thiazole rings is 1. The molecule has 0 bridgehead atoms. The van der Waals surface area contributed by atoms with Gasteiger partial charge in [0, 0.05) is 6.54 Å². The summed E-state index contributed by atoms with van der Waals surface area (Å²) in [7, 11) is 0. The molecule has 1 heterocycles. The number of aliphatic carboxylic acids is 1. The molecule has 1 N–H and O–H groups in total. The van der Waals surface area contributed by atoms with Crippen LogP contribution in [0.5, 0.6) is 0 Å². The Morgan fingerprint density at radius 1 is 1.80 bits per heavy atom. The third-order valence-corrected chi connectivity index (χ3v) is 3.08. The second-order valence-corrected chi connectivity index (χ2v) is 3.86. The minimum atomic E-state index is -1.03. The fourth-order valence-corrected chi connectivity index (χ4v) is 2.21. The first-order chi connectivity index (χ1) is 7.11. The summed E-state index contributed by atoms with van der Waals surface area (Å²) in [5.41, 5.74) is 2.24. The number of nitrogens with zero attached hydrogens (tertiary/aromatic N) is 2. The lowest BCUT2D eigenvalue weighted by molar-refractivity contribution is -0.146. The van der Waals surface area contributed by atoms with E-state index in [4.69, 9.17) is 5.11 Å². The Bertz CT molecular complexity index is 364. The molecule has 0 saturated carbocycles. The SMILES string of the molecule is CCN(C=O)C(C(=O)O)c1scnc1C. The number of hydrogen-bond donors (Lipinski definition) is 1. The highest BCUT2D eigenvalue weighted by molar-refractivity contribution is 7.10. The first-order valence-corrected chi connectivity index (χ1v) is 5.33. The molecule has 15 heavy (non-hydrogen) atoms. The van der Waals surface area contributed by atoms with Crippen LogP contribution in [0.1, 0.15) is 23.5 Å². The first-order valence-electron chi connectivity index (χ1n) is 4.45. The molecule has 6 heteroatoms. The summed E-state index contributed by atoms with van der Waals surface area (Å²) in [6, 6.07) is -0.917. The molecule has 1 unspecified atom stereocenters. The van der Waals surface area contributed by atoms with Crippen molar-refractivity contribution in [3.05, 3.63) is 16.1 Å². The maximum Gasteiger partial charge on any atom is 0.332 e. The second-order valence-electron chi connectivity index (χ2n) is 2.98. The number of aromatic nitrogens is 1. The van der Waals surface area contributed by atoms with Gasteiger partial charge in [-0.3, -0.25) is 4.79 Å². The van der Waals surface area contributed by atoms with Crippen LogP contribution in [0.25, 0.3) is 0 Å². The number of likely N-dealkylation sites (N-methyl/N-ethyl adjacent to an activating group) is 1. The maximum absolute atomic E-state index is 11.1. The highest BCUT2D eigenvalue weighted by Crippen LogP contribution is 2.26. The Balaban J connectivity index is 3.08. The smallest absolute Gasteiger partial charge is 0.332 e. The third-order valence-electron chi connectivity index (χ3n) is 2.10. The fourth-order valence-electron chi connectivity index (χ4n) is 1.30. The summed E-state index contributed by atoms with van der Waals surface area (Å²) < 4.78 is 0. The first kappa shape index (κ1) is 11.6. The van der Waals surface area contributed by atoms with Crippen molar-refractivity contribution in [2.75, 3.05) is 6.54 Å². The van der Waals surface area contributed by atoms with E-state index < -0.39 is 12.0 Å². The minimum Gasteiger partial charge on any atom is -0.479 e. The maximum atomic E-state index is 11.1. The van der Waals surface area contributed by atoms with Crippen molar-refractivity contribution in [3.8, 4) is 0 Å². The number of hydrogen-bond acceptors (Lipinski definition) is 4. The Morgan fingerprint density at radius 3 is 2.80 bits per heavy atom. The van der Waals surface area contributed by atoms with Crippen LogP contribution in [0.4, 0.5) is 0 Å². The number of carboxylic acids is 1. The average molecular weight is 228 g/mol. The number of rotatable bonds is 5. The van der Waals surface area contributed by atoms with Crippen molar-refractivity contribution in [2.45, 2.75) is 19.9 Å². The van der Waals surface area contributed by atoms with E-state index in [1.54, 1.807) is 19.4 Å². The van der Waals surface area contributed by atoms with Gasteiger partial charge in [-0.1, -0.05) is 0 Å². The molecule has 0 aromatic carbocycles. The molecule has 82 valence electrons. The topological polar surface area (TPSA) is 70.5 Å². The largest absolute Gasteiger partial charge is 0.479 e. The highest BCUT2D eigenvalue weighted by atomic mass is 32.1. The van der Waals surface area contributed by atoms with Crippen LogP contribution < -0.4 is 0 Å². The van der Waals surface area contributed by atoms with Gasteiger partial charge in [0.25, 0.3) is 0 Å². The monoisotopic (exact) mass is 228 g/mol. The average Bonchev–Trinajstić information content (AvgIpc) is 2.60. The van der Waals surface area contributed by atoms with Gasteiger partial charge in [0.05, 0.1) is 16.1 Å². The van der Waals surface area contributed by atoms with Gasteiger partial charge in [-0.25, -0.2) is 9.78 Å². The number of amides is 1. The molecule has 0 radical (unpaired) electrons. The van der Waals surface area contributed by atoms with Gasteiger partial charge in [-0.2, -0.15) is 0 Å². The zero-order valence-electron chi connectivity index (χ0n) is 8.51. The Labute approximate surface area is 91.4 Å². The molecule has 5 nitrogen and oxygen atoms in total. The van der Waals surface area contributed by atoms with Gasteiger partial charge in [0.2, 0.25) is 6.41 Å². The van der Waals surface area contributed by atoms with E-state index in [1.165, 1.54) is 16.2 Å². The van der Waals surface area contributed by atoms with Gasteiger partial charge in [0.1, 0.15) is 0 Å². The van der Waals surface area contributed by atoms with Gasteiger partial charge in [-0.05, 0) is 13.8 Å². The predicted molar refractivity (Wildman–Crippen MR) is 55.7 cm³/mol. The summed E-state index contributed by atoms with van der Waals surface area (Å²) in [6.45, 7) is 3.83. The molecule has 0 fully saturated rings. The molecule has 1 atom stereocenters. The molecule has 0 aliphatic rings. The molecular formula is C9H12N2O3S. The molecule has 1 aromatic heterocycles. The minimum absolute atomic E-state index is 0.359. The van der Waals surface area contributed by atoms with Gasteiger partial charge in [-0.15, -0.1) is 11.3 Å². The van der Waals surface area contributed by atoms with Gasteiger partial charge >= 0.3 is 5.97 Å². The molecule has 0 aliphatic heterocycles. The Hall–Kier alpha value is -1.43. The van der Waals surface area contributed by atoms with Crippen LogP contribution in [-0.2, 0) is 9.59 Å². The van der Waals surface area contributed by atoms with Crippen molar-refractivity contribution >= 4 is 23.7 Å². The number of carboxylic acid groups (broad SMARTS) is 1. The lowest BCUT2D eigenvalue weighted by Gasteiger charge is -2.22. The van der Waals surface area contributed by atoms with Crippen LogP contribution in [0.2, 0.25) is 0 Å². The lowest BCUT2D eigenvalue weighted by atomic mass is 10.2. The molecule has 0 spiro atoms. The van der Waals surface area contributed by atoms with Crippen LogP contribution in [0.3, 0.4) is 0 Å². The van der Waals surface area contributed by atoms with Crippen molar-refractivity contribution in [3.63, 3.8) is 0 Å². The van der Waals surface area contributed by atoms with E-state index in [9.17, 15) is 9.59 Å². The summed E-state index contributed by atoms with van der Waals surface area (Å²) in [4.78, 5) is 27.7. The van der Waals surface area contributed by atoms with Crippen molar-refractivity contribution in [2.24, 2.45) is 0 Å². The molecule has 1 aromatic rings. The molecule has 0 saturated heterocycles. The standard InChI is InChI=1S/C9H12N2O3S/c1-3-11(5-12)7(9(13)14)8-6(2)10-4-15-8/h4-5,7H,3H2,1-2H3,(H,13,14). The summed E-state index contributed by atoms with van der Waals surface area (Å²) in [6.07, 6.45) is 0.554. The second kappa shape index (κ2) is 4.88. The zero-order chi connectivity index (χ0) is 11.4. The van der Waals surface area contributed by atoms with E-state index in [0.717, 1.165) is 0 Å². The van der Waals surface area contributed by atoms with Crippen LogP contribution >= 0.6 is 11.3 Å². The summed E-state index contributed by atoms with van der Waals surface area (Å²) in [5.74, 6) is -1.03. The number of aryl methyl sites for hydroxylation is 1. The number of carbonyl (C=O) groups excluding carboxylic acids is 1. The fraction of sp³-hybridized carbons (Fsp3) is 0.444. The molecule has 1 rings (SSSR count). The summed E-state index contributed by atoms with van der Waals surface area (Å²) in [5, 5.41) is 9.08. The van der Waals surface area contributed by atoms with Gasteiger partial charge in [0.15, 0.2) is 6.04 Å². The van der Waals surface area contributed by atoms with E-state index >= 15 is 0 Å². The zero-order valence-corrected chi connectivity index (χ0v) is 9.32. The third kappa shape index (κ3) is 2.33. The van der Waals surface area contributed by atoms with Crippen molar-refractivity contribution in [1.29, 1.82) is 0 Å². The van der Waals surface area contributed by atoms with Crippen molar-refractivity contribution in [1.82, 2.24) is 9.88 Å². The van der Waals surface area contributed by atoms with E-state index in [2.05, 4.69) is 4.98 Å². The highest BCUT2D eigenvalue weighted by Gasteiger charge is 2.28. The molecular weight excluding hydrogens is 216 g/mol. The predicted octanol–water partition coefficient (Wildman–Crippen LogP) is 1.06. The van der Waals surface area contributed by atoms with Crippen molar-refractivity contribution < 1.29 is 14.7 Å². The summed E-state index contributed by atoms with van der Waals surface area (Å²) >= 11 is 1.25. The van der Waals surface area contributed by atoms with Gasteiger partial charge < -0.3 is 10.0 Å². The normalized spacial score (nSPS) is 12.1. The van der Waals surface area contributed by atoms with Crippen LogP contribution in [0.15, 0.2) is 5.51 Å². The van der Waals surface area contributed by atoms with Crippen LogP contribution in [-0.4, -0.2) is 33.9 Å². The number of carbonyl (C=O) groups is 2. The van der Waals surface area contributed by atoms with E-state index in [0.29, 0.717) is 23.5 Å². The molecule has 1 amide bonds. The van der Waals surface area contributed by atoms with Crippen LogP contribution in [0, 0.1) is 6.92 Å². The lowest BCUT2D eigenvalue weighted by Crippen LogP contribution is -2.32.